The first-order valence-corrected chi connectivity index (χ1v) is 6.87. The van der Waals surface area contributed by atoms with Crippen LogP contribution in [0.3, 0.4) is 0 Å². The van der Waals surface area contributed by atoms with Gasteiger partial charge in [-0.15, -0.1) is 11.8 Å². The van der Waals surface area contributed by atoms with Crippen molar-refractivity contribution >= 4 is 35.0 Å². The van der Waals surface area contributed by atoms with Gasteiger partial charge in [0.1, 0.15) is 5.15 Å². The van der Waals surface area contributed by atoms with Crippen molar-refractivity contribution in [3.05, 3.63) is 53.3 Å². The number of para-hydroxylation sites is 1. The van der Waals surface area contributed by atoms with E-state index in [9.17, 15) is 4.79 Å². The zero-order chi connectivity index (χ0) is 13.0. The number of nitrogens with zero attached hydrogens (tertiary/aromatic N) is 1. The SMILES string of the molecule is CSc1ccccc1NC(=O)c1cccnc1Cl. The molecule has 1 aromatic carbocycles. The molecule has 2 rings (SSSR count). The van der Waals surface area contributed by atoms with Gasteiger partial charge < -0.3 is 5.32 Å². The Morgan fingerprint density at radius 2 is 2.06 bits per heavy atom. The van der Waals surface area contributed by atoms with Crippen molar-refractivity contribution in [2.24, 2.45) is 0 Å². The Bertz CT molecular complexity index is 574. The molecule has 1 heterocycles. The van der Waals surface area contributed by atoms with Crippen LogP contribution >= 0.6 is 23.4 Å². The van der Waals surface area contributed by atoms with Gasteiger partial charge in [0.25, 0.3) is 5.91 Å². The van der Waals surface area contributed by atoms with Crippen LogP contribution in [-0.2, 0) is 0 Å². The summed E-state index contributed by atoms with van der Waals surface area (Å²) in [6, 6.07) is 10.9. The zero-order valence-corrected chi connectivity index (χ0v) is 11.3. The molecule has 1 aromatic heterocycles. The summed E-state index contributed by atoms with van der Waals surface area (Å²) >= 11 is 7.46. The summed E-state index contributed by atoms with van der Waals surface area (Å²) in [5, 5.41) is 3.04. The fourth-order valence-electron chi connectivity index (χ4n) is 1.49. The van der Waals surface area contributed by atoms with Gasteiger partial charge in [-0.05, 0) is 30.5 Å². The molecule has 0 saturated heterocycles. The third-order valence-electron chi connectivity index (χ3n) is 2.36. The Labute approximate surface area is 115 Å². The molecule has 0 saturated carbocycles. The highest BCUT2D eigenvalue weighted by atomic mass is 35.5. The highest BCUT2D eigenvalue weighted by Gasteiger charge is 2.12. The van der Waals surface area contributed by atoms with Gasteiger partial charge in [-0.3, -0.25) is 4.79 Å². The van der Waals surface area contributed by atoms with E-state index in [2.05, 4.69) is 10.3 Å². The Morgan fingerprint density at radius 3 is 2.78 bits per heavy atom. The van der Waals surface area contributed by atoms with Crippen LogP contribution in [0.2, 0.25) is 5.15 Å². The molecule has 0 aliphatic carbocycles. The van der Waals surface area contributed by atoms with Crippen molar-refractivity contribution in [2.75, 3.05) is 11.6 Å². The van der Waals surface area contributed by atoms with E-state index in [-0.39, 0.29) is 11.1 Å². The third kappa shape index (κ3) is 2.83. The van der Waals surface area contributed by atoms with Gasteiger partial charge in [0, 0.05) is 11.1 Å². The van der Waals surface area contributed by atoms with Gasteiger partial charge in [-0.25, -0.2) is 4.98 Å². The van der Waals surface area contributed by atoms with Crippen LogP contribution in [0.5, 0.6) is 0 Å². The highest BCUT2D eigenvalue weighted by Crippen LogP contribution is 2.25. The molecule has 3 nitrogen and oxygen atoms in total. The summed E-state index contributed by atoms with van der Waals surface area (Å²) in [4.78, 5) is 16.9. The van der Waals surface area contributed by atoms with Gasteiger partial charge in [0.05, 0.1) is 11.3 Å². The second-order valence-corrected chi connectivity index (χ2v) is 4.70. The number of aromatic nitrogens is 1. The van der Waals surface area contributed by atoms with Crippen LogP contribution in [0.4, 0.5) is 5.69 Å². The van der Waals surface area contributed by atoms with E-state index >= 15 is 0 Å². The van der Waals surface area contributed by atoms with Crippen LogP contribution in [0.1, 0.15) is 10.4 Å². The van der Waals surface area contributed by atoms with E-state index in [1.165, 1.54) is 0 Å². The van der Waals surface area contributed by atoms with E-state index in [0.717, 1.165) is 10.6 Å². The molecule has 0 unspecified atom stereocenters. The van der Waals surface area contributed by atoms with E-state index in [4.69, 9.17) is 11.6 Å². The van der Waals surface area contributed by atoms with E-state index < -0.39 is 0 Å². The fraction of sp³-hybridized carbons (Fsp3) is 0.0769. The van der Waals surface area contributed by atoms with Crippen molar-refractivity contribution in [1.29, 1.82) is 0 Å². The first-order valence-electron chi connectivity index (χ1n) is 5.27. The maximum atomic E-state index is 12.1. The van der Waals surface area contributed by atoms with E-state index in [0.29, 0.717) is 5.56 Å². The van der Waals surface area contributed by atoms with E-state index in [1.54, 1.807) is 30.1 Å². The number of hydrogen-bond acceptors (Lipinski definition) is 3. The summed E-state index contributed by atoms with van der Waals surface area (Å²) in [6.45, 7) is 0. The number of hydrogen-bond donors (Lipinski definition) is 1. The minimum Gasteiger partial charge on any atom is -0.321 e. The number of carbonyl (C=O) groups excluding carboxylic acids is 1. The molecule has 1 N–H and O–H groups in total. The molecule has 92 valence electrons. The maximum absolute atomic E-state index is 12.1. The van der Waals surface area contributed by atoms with Crippen molar-refractivity contribution < 1.29 is 4.79 Å². The Balaban J connectivity index is 2.24. The number of amides is 1. The Hall–Kier alpha value is -1.52. The summed E-state index contributed by atoms with van der Waals surface area (Å²) in [7, 11) is 0. The van der Waals surface area contributed by atoms with Crippen molar-refractivity contribution in [3.63, 3.8) is 0 Å². The zero-order valence-electron chi connectivity index (χ0n) is 9.68. The summed E-state index contributed by atoms with van der Waals surface area (Å²) in [5.41, 5.74) is 1.14. The van der Waals surface area contributed by atoms with Crippen LogP contribution in [0.25, 0.3) is 0 Å². The molecule has 0 atom stereocenters. The van der Waals surface area contributed by atoms with Gasteiger partial charge in [0.2, 0.25) is 0 Å². The summed E-state index contributed by atoms with van der Waals surface area (Å²) < 4.78 is 0. The molecule has 18 heavy (non-hydrogen) atoms. The topological polar surface area (TPSA) is 42.0 Å². The second-order valence-electron chi connectivity index (χ2n) is 3.50. The molecule has 2 aromatic rings. The average Bonchev–Trinajstić information content (AvgIpc) is 2.39. The largest absolute Gasteiger partial charge is 0.321 e. The molecule has 0 radical (unpaired) electrons. The predicted octanol–water partition coefficient (Wildman–Crippen LogP) is 3.71. The number of thioether (sulfide) groups is 1. The smallest absolute Gasteiger partial charge is 0.258 e. The number of carbonyl (C=O) groups is 1. The van der Waals surface area contributed by atoms with Crippen LogP contribution in [-0.4, -0.2) is 17.1 Å². The minimum atomic E-state index is -0.255. The van der Waals surface area contributed by atoms with E-state index in [1.807, 2.05) is 30.5 Å². The van der Waals surface area contributed by atoms with Crippen LogP contribution in [0.15, 0.2) is 47.5 Å². The average molecular weight is 279 g/mol. The lowest BCUT2D eigenvalue weighted by molar-refractivity contribution is 0.102. The summed E-state index contributed by atoms with van der Waals surface area (Å²) in [5.74, 6) is -0.255. The number of pyridine rings is 1. The molecule has 0 aliphatic heterocycles. The molecule has 1 amide bonds. The molecular formula is C13H11ClN2OS. The van der Waals surface area contributed by atoms with Crippen LogP contribution < -0.4 is 5.32 Å². The maximum Gasteiger partial charge on any atom is 0.258 e. The van der Waals surface area contributed by atoms with Gasteiger partial charge in [0.15, 0.2) is 0 Å². The lowest BCUT2D eigenvalue weighted by Gasteiger charge is -2.09. The molecule has 0 aliphatic rings. The molecule has 0 fully saturated rings. The first kappa shape index (κ1) is 12.9. The second kappa shape index (κ2) is 5.89. The van der Waals surface area contributed by atoms with Crippen LogP contribution in [0, 0.1) is 0 Å². The molecule has 5 heteroatoms. The molecule has 0 spiro atoms. The van der Waals surface area contributed by atoms with Crippen molar-refractivity contribution in [3.8, 4) is 0 Å². The predicted molar refractivity (Wildman–Crippen MR) is 75.4 cm³/mol. The normalized spacial score (nSPS) is 10.1. The fourth-order valence-corrected chi connectivity index (χ4v) is 2.25. The first-order chi connectivity index (χ1) is 8.72. The third-order valence-corrected chi connectivity index (χ3v) is 3.46. The molecule has 0 bridgehead atoms. The lowest BCUT2D eigenvalue weighted by Crippen LogP contribution is -2.13. The van der Waals surface area contributed by atoms with Gasteiger partial charge in [-0.2, -0.15) is 0 Å². The lowest BCUT2D eigenvalue weighted by atomic mass is 10.2. The number of benzene rings is 1. The van der Waals surface area contributed by atoms with Gasteiger partial charge >= 0.3 is 0 Å². The quantitative estimate of drug-likeness (QED) is 0.687. The minimum absolute atomic E-state index is 0.205. The molecular weight excluding hydrogens is 268 g/mol. The number of rotatable bonds is 3. The standard InChI is InChI=1S/C13H11ClN2OS/c1-18-11-7-3-2-6-10(11)16-13(17)9-5-4-8-15-12(9)14/h2-8H,1H3,(H,16,17). The van der Waals surface area contributed by atoms with Crippen molar-refractivity contribution in [2.45, 2.75) is 4.90 Å². The number of anilines is 1. The van der Waals surface area contributed by atoms with Crippen molar-refractivity contribution in [1.82, 2.24) is 4.98 Å². The Kier molecular flexibility index (Phi) is 4.23. The monoisotopic (exact) mass is 278 g/mol. The van der Waals surface area contributed by atoms with Gasteiger partial charge in [-0.1, -0.05) is 23.7 Å². The number of halogens is 1. The Morgan fingerprint density at radius 1 is 1.28 bits per heavy atom. The number of nitrogens with one attached hydrogen (secondary N) is 1. The highest BCUT2D eigenvalue weighted by molar-refractivity contribution is 7.98. The summed E-state index contributed by atoms with van der Waals surface area (Å²) in [6.07, 6.45) is 3.51.